The van der Waals surface area contributed by atoms with Crippen LogP contribution < -0.4 is 10.6 Å². The van der Waals surface area contributed by atoms with E-state index in [0.717, 1.165) is 41.5 Å². The Hall–Kier alpha value is -3.86. The van der Waals surface area contributed by atoms with Gasteiger partial charge in [0.25, 0.3) is 0 Å². The van der Waals surface area contributed by atoms with Crippen LogP contribution in [-0.2, 0) is 6.42 Å². The number of benzene rings is 3. The Labute approximate surface area is 205 Å². The second-order valence-electron chi connectivity index (χ2n) is 9.13. The van der Waals surface area contributed by atoms with Crippen molar-refractivity contribution in [2.45, 2.75) is 51.5 Å². The van der Waals surface area contributed by atoms with Crippen molar-refractivity contribution in [3.8, 4) is 5.75 Å². The molecule has 1 aromatic heterocycles. The number of rotatable bonds is 8. The van der Waals surface area contributed by atoms with E-state index < -0.39 is 5.63 Å². The molecular weight excluding hydrogens is 436 g/mol. The standard InChI is InChI=1S/C30H30N2O3/c1-2-3-4-7-14-22-17-23-18-25(30(34)35-29(23)20-28(22)33)26-19-27(21-12-8-5-9-13-21)32(31-26)24-15-10-6-11-16-24/h5-6,8-13,15-18,20,27,33H,2-4,7,14,19H2,1H3. The molecule has 0 spiro atoms. The van der Waals surface area contributed by atoms with Crippen molar-refractivity contribution in [1.29, 1.82) is 0 Å². The lowest BCUT2D eigenvalue weighted by Crippen LogP contribution is -2.18. The highest BCUT2D eigenvalue weighted by Crippen LogP contribution is 2.36. The van der Waals surface area contributed by atoms with Gasteiger partial charge in [0.2, 0.25) is 0 Å². The molecule has 35 heavy (non-hydrogen) atoms. The minimum atomic E-state index is -0.437. The summed E-state index contributed by atoms with van der Waals surface area (Å²) in [7, 11) is 0. The van der Waals surface area contributed by atoms with Crippen LogP contribution in [-0.4, -0.2) is 10.8 Å². The fourth-order valence-electron chi connectivity index (χ4n) is 4.77. The Morgan fingerprint density at radius 3 is 2.46 bits per heavy atom. The molecule has 0 saturated carbocycles. The van der Waals surface area contributed by atoms with Crippen molar-refractivity contribution < 1.29 is 9.52 Å². The summed E-state index contributed by atoms with van der Waals surface area (Å²) in [4.78, 5) is 13.0. The van der Waals surface area contributed by atoms with Gasteiger partial charge in [-0.05, 0) is 48.2 Å². The van der Waals surface area contributed by atoms with Crippen LogP contribution >= 0.6 is 0 Å². The van der Waals surface area contributed by atoms with E-state index in [1.165, 1.54) is 12.8 Å². The molecule has 1 N–H and O–H groups in total. The fourth-order valence-corrected chi connectivity index (χ4v) is 4.77. The largest absolute Gasteiger partial charge is 0.508 e. The zero-order valence-corrected chi connectivity index (χ0v) is 20.0. The molecule has 2 heterocycles. The van der Waals surface area contributed by atoms with Crippen molar-refractivity contribution in [2.75, 3.05) is 5.01 Å². The normalized spacial score (nSPS) is 15.5. The van der Waals surface area contributed by atoms with Gasteiger partial charge in [0, 0.05) is 17.9 Å². The maximum atomic E-state index is 13.0. The number of hydrogen-bond donors (Lipinski definition) is 1. The van der Waals surface area contributed by atoms with Gasteiger partial charge < -0.3 is 9.52 Å². The highest BCUT2D eigenvalue weighted by molar-refractivity contribution is 6.04. The Bertz CT molecular complexity index is 1390. The number of aromatic hydroxyl groups is 1. The SMILES string of the molecule is CCCCCCc1cc2cc(C3=NN(c4ccccc4)C(c4ccccc4)C3)c(=O)oc2cc1O. The third kappa shape index (κ3) is 4.85. The summed E-state index contributed by atoms with van der Waals surface area (Å²) in [5, 5.41) is 18.2. The minimum Gasteiger partial charge on any atom is -0.508 e. The molecule has 1 atom stereocenters. The maximum absolute atomic E-state index is 13.0. The third-order valence-electron chi connectivity index (χ3n) is 6.66. The van der Waals surface area contributed by atoms with Gasteiger partial charge in [-0.2, -0.15) is 5.10 Å². The van der Waals surface area contributed by atoms with Crippen molar-refractivity contribution in [1.82, 2.24) is 0 Å². The van der Waals surface area contributed by atoms with Gasteiger partial charge in [-0.15, -0.1) is 0 Å². The van der Waals surface area contributed by atoms with Crippen LogP contribution in [0.2, 0.25) is 0 Å². The molecule has 1 aliphatic heterocycles. The van der Waals surface area contributed by atoms with E-state index in [1.54, 1.807) is 6.07 Å². The summed E-state index contributed by atoms with van der Waals surface area (Å²) >= 11 is 0. The first-order valence-electron chi connectivity index (χ1n) is 12.4. The Morgan fingerprint density at radius 2 is 1.71 bits per heavy atom. The lowest BCUT2D eigenvalue weighted by molar-refractivity contribution is 0.464. The highest BCUT2D eigenvalue weighted by atomic mass is 16.4. The number of hydrogen-bond acceptors (Lipinski definition) is 5. The molecule has 0 fully saturated rings. The maximum Gasteiger partial charge on any atom is 0.345 e. The van der Waals surface area contributed by atoms with Gasteiger partial charge in [0.15, 0.2) is 0 Å². The Morgan fingerprint density at radius 1 is 0.971 bits per heavy atom. The predicted molar refractivity (Wildman–Crippen MR) is 141 cm³/mol. The summed E-state index contributed by atoms with van der Waals surface area (Å²) in [6.45, 7) is 2.18. The van der Waals surface area contributed by atoms with E-state index in [-0.39, 0.29) is 11.8 Å². The van der Waals surface area contributed by atoms with Crippen molar-refractivity contribution in [3.63, 3.8) is 0 Å². The number of hydrazone groups is 1. The van der Waals surface area contributed by atoms with E-state index in [4.69, 9.17) is 9.52 Å². The number of phenols is 1. The summed E-state index contributed by atoms with van der Waals surface area (Å²) in [5.74, 6) is 0.183. The third-order valence-corrected chi connectivity index (χ3v) is 6.66. The number of unbranched alkanes of at least 4 members (excludes halogenated alkanes) is 3. The molecule has 5 rings (SSSR count). The van der Waals surface area contributed by atoms with E-state index in [0.29, 0.717) is 23.3 Å². The lowest BCUT2D eigenvalue weighted by atomic mass is 9.97. The van der Waals surface area contributed by atoms with E-state index in [2.05, 4.69) is 19.1 Å². The average Bonchev–Trinajstić information content (AvgIpc) is 3.33. The molecule has 5 nitrogen and oxygen atoms in total. The smallest absolute Gasteiger partial charge is 0.345 e. The van der Waals surface area contributed by atoms with Crippen molar-refractivity contribution in [2.24, 2.45) is 5.10 Å². The van der Waals surface area contributed by atoms with Gasteiger partial charge >= 0.3 is 5.63 Å². The molecule has 3 aromatic carbocycles. The van der Waals surface area contributed by atoms with Crippen LogP contribution in [0.15, 0.2) is 93.2 Å². The lowest BCUT2D eigenvalue weighted by Gasteiger charge is -2.23. The highest BCUT2D eigenvalue weighted by Gasteiger charge is 2.31. The summed E-state index contributed by atoms with van der Waals surface area (Å²) in [5.41, 5.74) is 4.13. The van der Waals surface area contributed by atoms with Gasteiger partial charge in [-0.3, -0.25) is 5.01 Å². The number of para-hydroxylation sites is 1. The van der Waals surface area contributed by atoms with Crippen LogP contribution in [0.1, 0.15) is 61.8 Å². The molecule has 1 aliphatic rings. The van der Waals surface area contributed by atoms with E-state index in [9.17, 15) is 9.90 Å². The first-order chi connectivity index (χ1) is 17.1. The van der Waals surface area contributed by atoms with Crippen LogP contribution in [0.3, 0.4) is 0 Å². The minimum absolute atomic E-state index is 0.0161. The first kappa shape index (κ1) is 22.9. The van der Waals surface area contributed by atoms with E-state index in [1.807, 2.05) is 65.7 Å². The number of phenolic OH excluding ortho intramolecular Hbond substituents is 1. The number of nitrogens with zero attached hydrogens (tertiary/aromatic N) is 2. The molecular formula is C30H30N2O3. The summed E-state index contributed by atoms with van der Waals surface area (Å²) in [6, 6.07) is 25.6. The molecule has 1 unspecified atom stereocenters. The van der Waals surface area contributed by atoms with Gasteiger partial charge in [-0.1, -0.05) is 74.7 Å². The van der Waals surface area contributed by atoms with Gasteiger partial charge in [-0.25, -0.2) is 4.79 Å². The Kier molecular flexibility index (Phi) is 6.66. The molecule has 0 bridgehead atoms. The van der Waals surface area contributed by atoms with Crippen LogP contribution in [0, 0.1) is 0 Å². The predicted octanol–water partition coefficient (Wildman–Crippen LogP) is 6.98. The van der Waals surface area contributed by atoms with E-state index >= 15 is 0 Å². The van der Waals surface area contributed by atoms with Crippen LogP contribution in [0.4, 0.5) is 5.69 Å². The topological polar surface area (TPSA) is 66.0 Å². The monoisotopic (exact) mass is 466 g/mol. The second-order valence-corrected chi connectivity index (χ2v) is 9.13. The molecule has 0 amide bonds. The van der Waals surface area contributed by atoms with Gasteiger partial charge in [0.05, 0.1) is 23.0 Å². The number of anilines is 1. The number of aryl methyl sites for hydroxylation is 1. The zero-order valence-electron chi connectivity index (χ0n) is 20.0. The molecule has 178 valence electrons. The van der Waals surface area contributed by atoms with Crippen molar-refractivity contribution in [3.05, 3.63) is 106 Å². The first-order valence-corrected chi connectivity index (χ1v) is 12.4. The summed E-state index contributed by atoms with van der Waals surface area (Å²) < 4.78 is 5.65. The molecule has 4 aromatic rings. The zero-order chi connectivity index (χ0) is 24.2. The molecule has 5 heteroatoms. The Balaban J connectivity index is 1.52. The number of fused-ring (bicyclic) bond motifs is 1. The fraction of sp³-hybridized carbons (Fsp3) is 0.267. The van der Waals surface area contributed by atoms with Gasteiger partial charge in [0.1, 0.15) is 11.3 Å². The van der Waals surface area contributed by atoms with Crippen LogP contribution in [0.5, 0.6) is 5.75 Å². The second kappa shape index (κ2) is 10.2. The molecule has 0 saturated heterocycles. The average molecular weight is 467 g/mol. The van der Waals surface area contributed by atoms with Crippen molar-refractivity contribution >= 4 is 22.4 Å². The molecule has 0 aliphatic carbocycles. The van der Waals surface area contributed by atoms with Crippen LogP contribution in [0.25, 0.3) is 11.0 Å². The quantitative estimate of drug-likeness (QED) is 0.225. The summed E-state index contributed by atoms with van der Waals surface area (Å²) in [6.07, 6.45) is 5.91. The molecule has 0 radical (unpaired) electrons.